The Labute approximate surface area is 78.6 Å². The van der Waals surface area contributed by atoms with Gasteiger partial charge >= 0.3 is 5.97 Å². The van der Waals surface area contributed by atoms with Crippen molar-refractivity contribution in [2.24, 2.45) is 0 Å². The topological polar surface area (TPSA) is 26.3 Å². The monoisotopic (exact) mass is 178 g/mol. The molecule has 12 heavy (non-hydrogen) atoms. The summed E-state index contributed by atoms with van der Waals surface area (Å²) in [5, 5.41) is 0. The number of ether oxygens (including phenoxy) is 1. The van der Waals surface area contributed by atoms with Gasteiger partial charge in [-0.3, -0.25) is 0 Å². The fraction of sp³-hybridized carbons (Fsp3) is 0.700. The average molecular weight is 178 g/mol. The second-order valence-electron chi connectivity index (χ2n) is 1.49. The lowest BCUT2D eigenvalue weighted by Crippen LogP contribution is -1.91. The Morgan fingerprint density at radius 2 is 1.50 bits per heavy atom. The molecular weight excluding hydrogens is 152 g/mol. The van der Waals surface area contributed by atoms with E-state index in [1.807, 2.05) is 0 Å². The van der Waals surface area contributed by atoms with E-state index < -0.39 is 0 Å². The van der Waals surface area contributed by atoms with Gasteiger partial charge < -0.3 is 4.74 Å². The van der Waals surface area contributed by atoms with Crippen LogP contribution in [0, 0.1) is 0 Å². The normalized spacial score (nSPS) is 11.7. The molecule has 0 atom stereocenters. The van der Waals surface area contributed by atoms with Crippen LogP contribution in [0.5, 0.6) is 0 Å². The standard InChI is InChI=1S/C5H6O2.5CH4/c1-4-2-3-7-5(4)6;;;;;/h1-3H2;5*1H4. The van der Waals surface area contributed by atoms with Gasteiger partial charge in [0.1, 0.15) is 0 Å². The SMILES string of the molecule is C.C.C.C.C.C=C1CCOC1=O. The van der Waals surface area contributed by atoms with Crippen LogP contribution in [0.1, 0.15) is 43.6 Å². The molecule has 1 fully saturated rings. The number of carbonyl (C=O) groups is 1. The Hall–Kier alpha value is -0.790. The summed E-state index contributed by atoms with van der Waals surface area (Å²) < 4.78 is 4.53. The van der Waals surface area contributed by atoms with Gasteiger partial charge in [0.25, 0.3) is 0 Å². The maximum atomic E-state index is 10.3. The number of hydrogen-bond acceptors (Lipinski definition) is 2. The van der Waals surface area contributed by atoms with E-state index in [-0.39, 0.29) is 43.1 Å². The maximum Gasteiger partial charge on any atom is 0.333 e. The molecule has 0 saturated carbocycles. The zero-order chi connectivity index (χ0) is 5.28. The molecule has 2 nitrogen and oxygen atoms in total. The third-order valence-electron chi connectivity index (χ3n) is 0.926. The van der Waals surface area contributed by atoms with Crippen LogP contribution in [0.15, 0.2) is 12.2 Å². The highest BCUT2D eigenvalue weighted by Crippen LogP contribution is 2.08. The van der Waals surface area contributed by atoms with E-state index in [0.29, 0.717) is 18.6 Å². The minimum atomic E-state index is -0.236. The van der Waals surface area contributed by atoms with Gasteiger partial charge in [-0.05, 0) is 0 Å². The minimum Gasteiger partial charge on any atom is -0.462 e. The highest BCUT2D eigenvalue weighted by atomic mass is 16.5. The van der Waals surface area contributed by atoms with Gasteiger partial charge in [0.05, 0.1) is 6.61 Å². The molecule has 1 saturated heterocycles. The summed E-state index contributed by atoms with van der Waals surface area (Å²) in [5.41, 5.74) is 0.597. The van der Waals surface area contributed by atoms with Crippen molar-refractivity contribution in [3.63, 3.8) is 0 Å². The Morgan fingerprint density at radius 1 is 1.08 bits per heavy atom. The molecular formula is C10H26O2. The molecule has 0 bridgehead atoms. The third-order valence-corrected chi connectivity index (χ3v) is 0.926. The summed E-state index contributed by atoms with van der Waals surface area (Å²) in [6.45, 7) is 3.99. The number of rotatable bonds is 0. The zero-order valence-electron chi connectivity index (χ0n) is 3.94. The molecule has 0 aromatic rings. The predicted molar refractivity (Wildman–Crippen MR) is 58.4 cm³/mol. The van der Waals surface area contributed by atoms with Crippen molar-refractivity contribution in [1.29, 1.82) is 0 Å². The lowest BCUT2D eigenvalue weighted by molar-refractivity contribution is -0.135. The van der Waals surface area contributed by atoms with Crippen LogP contribution in [-0.2, 0) is 9.53 Å². The largest absolute Gasteiger partial charge is 0.462 e. The molecule has 78 valence electrons. The van der Waals surface area contributed by atoms with Gasteiger partial charge in [0.2, 0.25) is 0 Å². The van der Waals surface area contributed by atoms with Crippen LogP contribution in [0.4, 0.5) is 0 Å². The summed E-state index contributed by atoms with van der Waals surface area (Å²) >= 11 is 0. The van der Waals surface area contributed by atoms with Crippen molar-refractivity contribution in [2.75, 3.05) is 6.61 Å². The first-order chi connectivity index (χ1) is 3.30. The van der Waals surface area contributed by atoms with Crippen molar-refractivity contribution in [3.8, 4) is 0 Å². The third kappa shape index (κ3) is 7.32. The number of hydrogen-bond donors (Lipinski definition) is 0. The zero-order valence-corrected chi connectivity index (χ0v) is 3.94. The molecule has 2 heteroatoms. The fourth-order valence-electron chi connectivity index (χ4n) is 0.471. The molecule has 1 aliphatic heterocycles. The van der Waals surface area contributed by atoms with Crippen LogP contribution in [0.25, 0.3) is 0 Å². The van der Waals surface area contributed by atoms with Gasteiger partial charge in [0, 0.05) is 12.0 Å². The van der Waals surface area contributed by atoms with E-state index >= 15 is 0 Å². The van der Waals surface area contributed by atoms with E-state index in [1.54, 1.807) is 0 Å². The molecule has 1 heterocycles. The molecule has 0 spiro atoms. The first-order valence-corrected chi connectivity index (χ1v) is 2.15. The van der Waals surface area contributed by atoms with Crippen molar-refractivity contribution >= 4 is 5.97 Å². The molecule has 0 radical (unpaired) electrons. The van der Waals surface area contributed by atoms with Crippen LogP contribution in [0.2, 0.25) is 0 Å². The first kappa shape index (κ1) is 30.3. The van der Waals surface area contributed by atoms with E-state index in [2.05, 4.69) is 11.3 Å². The molecule has 1 aliphatic rings. The van der Waals surface area contributed by atoms with Crippen molar-refractivity contribution in [2.45, 2.75) is 43.6 Å². The lowest BCUT2D eigenvalue weighted by Gasteiger charge is -1.82. The second kappa shape index (κ2) is 12.8. The van der Waals surface area contributed by atoms with Crippen LogP contribution in [0.3, 0.4) is 0 Å². The van der Waals surface area contributed by atoms with Gasteiger partial charge in [-0.2, -0.15) is 0 Å². The predicted octanol–water partition coefficient (Wildman–Crippen LogP) is 3.67. The number of carbonyl (C=O) groups excluding carboxylic acids is 1. The average Bonchev–Trinajstić information content (AvgIpc) is 1.91. The second-order valence-corrected chi connectivity index (χ2v) is 1.49. The lowest BCUT2D eigenvalue weighted by atomic mass is 10.3. The minimum absolute atomic E-state index is 0. The molecule has 0 amide bonds. The summed E-state index contributed by atoms with van der Waals surface area (Å²) in [6, 6.07) is 0. The van der Waals surface area contributed by atoms with Crippen molar-refractivity contribution < 1.29 is 9.53 Å². The van der Waals surface area contributed by atoms with E-state index in [4.69, 9.17) is 0 Å². The van der Waals surface area contributed by atoms with Gasteiger partial charge in [-0.15, -0.1) is 0 Å². The molecule has 1 rings (SSSR count). The quantitative estimate of drug-likeness (QED) is 0.418. The molecule has 0 N–H and O–H groups in total. The van der Waals surface area contributed by atoms with Crippen molar-refractivity contribution in [3.05, 3.63) is 12.2 Å². The Balaban J connectivity index is -0.0000000327. The summed E-state index contributed by atoms with van der Waals surface area (Å²) in [5.74, 6) is -0.236. The Morgan fingerprint density at radius 3 is 1.58 bits per heavy atom. The molecule has 0 aromatic carbocycles. The van der Waals surface area contributed by atoms with E-state index in [9.17, 15) is 4.79 Å². The summed E-state index contributed by atoms with van der Waals surface area (Å²) in [6.07, 6.45) is 0.707. The van der Waals surface area contributed by atoms with E-state index in [0.717, 1.165) is 0 Å². The summed E-state index contributed by atoms with van der Waals surface area (Å²) in [4.78, 5) is 10.3. The molecule has 0 aliphatic carbocycles. The maximum absolute atomic E-state index is 10.3. The number of esters is 1. The van der Waals surface area contributed by atoms with E-state index in [1.165, 1.54) is 0 Å². The fourth-order valence-corrected chi connectivity index (χ4v) is 0.471. The highest BCUT2D eigenvalue weighted by Gasteiger charge is 2.14. The highest BCUT2D eigenvalue weighted by molar-refractivity contribution is 5.89. The van der Waals surface area contributed by atoms with Crippen LogP contribution >= 0.6 is 0 Å². The van der Waals surface area contributed by atoms with Crippen LogP contribution in [-0.4, -0.2) is 12.6 Å². The Bertz CT molecular complexity index is 103. The van der Waals surface area contributed by atoms with Gasteiger partial charge in [-0.1, -0.05) is 43.7 Å². The Kier molecular flexibility index (Phi) is 32.4. The summed E-state index contributed by atoms with van der Waals surface area (Å²) in [7, 11) is 0. The smallest absolute Gasteiger partial charge is 0.333 e. The first-order valence-electron chi connectivity index (χ1n) is 2.15. The van der Waals surface area contributed by atoms with Crippen molar-refractivity contribution in [1.82, 2.24) is 0 Å². The molecule has 0 unspecified atom stereocenters. The number of cyclic esters (lactones) is 1. The van der Waals surface area contributed by atoms with Gasteiger partial charge in [0.15, 0.2) is 0 Å². The van der Waals surface area contributed by atoms with Gasteiger partial charge in [-0.25, -0.2) is 4.79 Å². The van der Waals surface area contributed by atoms with Crippen LogP contribution < -0.4 is 0 Å². The molecule has 0 aromatic heterocycles.